The van der Waals surface area contributed by atoms with E-state index >= 15 is 0 Å². The van der Waals surface area contributed by atoms with Gasteiger partial charge in [0.05, 0.1) is 16.6 Å². The van der Waals surface area contributed by atoms with Crippen LogP contribution in [0.2, 0.25) is 0 Å². The normalized spacial score (nSPS) is 19.1. The average molecular weight is 352 g/mol. The number of hydrogen-bond donors (Lipinski definition) is 1. The first-order chi connectivity index (χ1) is 12.7. The molecule has 4 heterocycles. The van der Waals surface area contributed by atoms with Gasteiger partial charge < -0.3 is 19.3 Å². The number of anilines is 1. The molecular weight excluding hydrogens is 332 g/mol. The summed E-state index contributed by atoms with van der Waals surface area (Å²) >= 11 is 0. The first-order valence-corrected chi connectivity index (χ1v) is 8.95. The van der Waals surface area contributed by atoms with Gasteiger partial charge in [-0.1, -0.05) is 5.16 Å². The van der Waals surface area contributed by atoms with Crippen molar-refractivity contribution >= 4 is 22.8 Å². The zero-order chi connectivity index (χ0) is 17.7. The Morgan fingerprint density at radius 1 is 1.31 bits per heavy atom. The number of aromatic nitrogens is 4. The highest BCUT2D eigenvalue weighted by Crippen LogP contribution is 2.45. The summed E-state index contributed by atoms with van der Waals surface area (Å²) in [7, 11) is 0. The van der Waals surface area contributed by atoms with Crippen molar-refractivity contribution in [1.29, 1.82) is 0 Å². The number of rotatable bonds is 2. The molecule has 2 aliphatic rings. The van der Waals surface area contributed by atoms with Crippen LogP contribution in [0, 0.1) is 6.92 Å². The predicted molar refractivity (Wildman–Crippen MR) is 95.0 cm³/mol. The van der Waals surface area contributed by atoms with E-state index in [-0.39, 0.29) is 11.4 Å². The summed E-state index contributed by atoms with van der Waals surface area (Å²) in [6.07, 6.45) is 6.37. The van der Waals surface area contributed by atoms with Crippen molar-refractivity contribution < 1.29 is 9.32 Å². The van der Waals surface area contributed by atoms with Gasteiger partial charge in [-0.15, -0.1) is 0 Å². The van der Waals surface area contributed by atoms with Gasteiger partial charge in [0.15, 0.2) is 0 Å². The molecule has 2 fully saturated rings. The number of nitrogens with one attached hydrogen (secondary N) is 1. The lowest BCUT2D eigenvalue weighted by Crippen LogP contribution is -2.46. The Kier molecular flexibility index (Phi) is 3.28. The van der Waals surface area contributed by atoms with Gasteiger partial charge in [-0.25, -0.2) is 9.97 Å². The molecule has 0 bridgehead atoms. The van der Waals surface area contributed by atoms with E-state index in [0.29, 0.717) is 5.76 Å². The maximum atomic E-state index is 13.0. The lowest BCUT2D eigenvalue weighted by molar-refractivity contribution is 0.0627. The third-order valence-electron chi connectivity index (χ3n) is 5.41. The second-order valence-electron chi connectivity index (χ2n) is 7.23. The summed E-state index contributed by atoms with van der Waals surface area (Å²) in [5.74, 6) is 1.21. The van der Waals surface area contributed by atoms with Crippen LogP contribution >= 0.6 is 0 Å². The molecule has 1 saturated heterocycles. The van der Waals surface area contributed by atoms with Gasteiger partial charge in [0.2, 0.25) is 5.76 Å². The van der Waals surface area contributed by atoms with Crippen molar-refractivity contribution in [2.75, 3.05) is 24.5 Å². The maximum Gasteiger partial charge on any atom is 0.292 e. The molecule has 1 amide bonds. The molecule has 26 heavy (non-hydrogen) atoms. The number of hydrogen-bond acceptors (Lipinski definition) is 6. The average Bonchev–Trinajstić information content (AvgIpc) is 3.09. The van der Waals surface area contributed by atoms with Crippen molar-refractivity contribution in [2.24, 2.45) is 0 Å². The molecule has 0 unspecified atom stereocenters. The second kappa shape index (κ2) is 5.55. The standard InChI is InChI=1S/C18H20N6O2/c1-12-9-14(26-22-12)17(25)24-8-2-7-23(10-18(24)4-5-18)16-13-3-6-19-15(13)20-11-21-16/h3,6,9,11H,2,4-5,7-8,10H2,1H3,(H,19,20,21). The van der Waals surface area contributed by atoms with E-state index in [1.807, 2.05) is 24.1 Å². The first kappa shape index (κ1) is 15.4. The third kappa shape index (κ3) is 2.36. The zero-order valence-corrected chi connectivity index (χ0v) is 14.6. The Morgan fingerprint density at radius 2 is 2.19 bits per heavy atom. The summed E-state index contributed by atoms with van der Waals surface area (Å²) in [6, 6.07) is 3.73. The Labute approximate surface area is 150 Å². The molecule has 0 aromatic carbocycles. The van der Waals surface area contributed by atoms with E-state index in [4.69, 9.17) is 4.52 Å². The topological polar surface area (TPSA) is 91.2 Å². The van der Waals surface area contributed by atoms with Crippen LogP contribution in [0.1, 0.15) is 35.5 Å². The lowest BCUT2D eigenvalue weighted by Gasteiger charge is -2.32. The molecule has 3 aromatic heterocycles. The van der Waals surface area contributed by atoms with Crippen LogP contribution in [0.15, 0.2) is 29.2 Å². The minimum atomic E-state index is -0.137. The molecule has 0 atom stereocenters. The fourth-order valence-corrected chi connectivity index (χ4v) is 3.95. The van der Waals surface area contributed by atoms with E-state index in [1.54, 1.807) is 12.4 Å². The van der Waals surface area contributed by atoms with E-state index in [0.717, 1.165) is 61.4 Å². The number of nitrogens with zero attached hydrogens (tertiary/aromatic N) is 5. The molecule has 0 radical (unpaired) electrons. The number of carbonyl (C=O) groups excluding carboxylic acids is 1. The SMILES string of the molecule is Cc1cc(C(=O)N2CCCN(c3ncnc4[nH]ccc34)CC23CC3)on1. The fraction of sp³-hybridized carbons (Fsp3) is 0.444. The van der Waals surface area contributed by atoms with Gasteiger partial charge in [-0.2, -0.15) is 0 Å². The number of H-pyrrole nitrogens is 1. The quantitative estimate of drug-likeness (QED) is 0.760. The summed E-state index contributed by atoms with van der Waals surface area (Å²) in [5.41, 5.74) is 1.43. The minimum Gasteiger partial charge on any atom is -0.354 e. The highest BCUT2D eigenvalue weighted by atomic mass is 16.5. The molecule has 1 N–H and O–H groups in total. The predicted octanol–water partition coefficient (Wildman–Crippen LogP) is 2.14. The van der Waals surface area contributed by atoms with Crippen LogP contribution < -0.4 is 4.90 Å². The lowest BCUT2D eigenvalue weighted by atomic mass is 10.2. The van der Waals surface area contributed by atoms with Crippen molar-refractivity contribution in [3.63, 3.8) is 0 Å². The van der Waals surface area contributed by atoms with E-state index in [9.17, 15) is 4.79 Å². The zero-order valence-electron chi connectivity index (χ0n) is 14.6. The smallest absolute Gasteiger partial charge is 0.292 e. The molecule has 3 aromatic rings. The Bertz CT molecular complexity index is 973. The van der Waals surface area contributed by atoms with Crippen LogP contribution in [0.3, 0.4) is 0 Å². The molecule has 1 saturated carbocycles. The van der Waals surface area contributed by atoms with Crippen molar-refractivity contribution in [1.82, 2.24) is 25.0 Å². The number of aromatic amines is 1. The van der Waals surface area contributed by atoms with Crippen LogP contribution in [0.25, 0.3) is 11.0 Å². The van der Waals surface area contributed by atoms with E-state index in [1.165, 1.54) is 0 Å². The monoisotopic (exact) mass is 352 g/mol. The second-order valence-corrected chi connectivity index (χ2v) is 7.23. The molecule has 8 heteroatoms. The molecule has 1 spiro atoms. The number of aryl methyl sites for hydroxylation is 1. The van der Waals surface area contributed by atoms with Crippen molar-refractivity contribution in [3.8, 4) is 0 Å². The Morgan fingerprint density at radius 3 is 2.96 bits per heavy atom. The summed E-state index contributed by atoms with van der Waals surface area (Å²) < 4.78 is 5.22. The van der Waals surface area contributed by atoms with Gasteiger partial charge in [-0.3, -0.25) is 4.79 Å². The Balaban J connectivity index is 1.46. The largest absolute Gasteiger partial charge is 0.354 e. The number of carbonyl (C=O) groups is 1. The van der Waals surface area contributed by atoms with Gasteiger partial charge in [-0.05, 0) is 32.3 Å². The number of amides is 1. The highest BCUT2D eigenvalue weighted by molar-refractivity contribution is 5.92. The van der Waals surface area contributed by atoms with Crippen LogP contribution in [-0.4, -0.2) is 56.1 Å². The summed E-state index contributed by atoms with van der Waals surface area (Å²) in [6.45, 7) is 4.19. The third-order valence-corrected chi connectivity index (χ3v) is 5.41. The molecule has 1 aliphatic heterocycles. The van der Waals surface area contributed by atoms with Crippen molar-refractivity contribution in [3.05, 3.63) is 36.1 Å². The molecule has 1 aliphatic carbocycles. The van der Waals surface area contributed by atoms with Crippen LogP contribution in [-0.2, 0) is 0 Å². The maximum absolute atomic E-state index is 13.0. The fourth-order valence-electron chi connectivity index (χ4n) is 3.95. The van der Waals surface area contributed by atoms with Gasteiger partial charge in [0.1, 0.15) is 17.8 Å². The summed E-state index contributed by atoms with van der Waals surface area (Å²) in [4.78, 5) is 29.2. The van der Waals surface area contributed by atoms with Crippen LogP contribution in [0.5, 0.6) is 0 Å². The van der Waals surface area contributed by atoms with E-state index in [2.05, 4.69) is 25.0 Å². The van der Waals surface area contributed by atoms with Gasteiger partial charge in [0, 0.05) is 31.9 Å². The highest BCUT2D eigenvalue weighted by Gasteiger charge is 2.53. The molecular formula is C18H20N6O2. The Hall–Kier alpha value is -2.90. The first-order valence-electron chi connectivity index (χ1n) is 8.95. The molecule has 5 rings (SSSR count). The van der Waals surface area contributed by atoms with Crippen LogP contribution in [0.4, 0.5) is 5.82 Å². The summed E-state index contributed by atoms with van der Waals surface area (Å²) in [5, 5.41) is 4.88. The van der Waals surface area contributed by atoms with Gasteiger partial charge in [0.25, 0.3) is 5.91 Å². The minimum absolute atomic E-state index is 0.0561. The van der Waals surface area contributed by atoms with Gasteiger partial charge >= 0.3 is 0 Å². The molecule has 8 nitrogen and oxygen atoms in total. The van der Waals surface area contributed by atoms with E-state index < -0.39 is 0 Å². The van der Waals surface area contributed by atoms with Crippen molar-refractivity contribution in [2.45, 2.75) is 31.7 Å². The number of fused-ring (bicyclic) bond motifs is 1. The molecule has 134 valence electrons.